The molecule has 5 heteroatoms. The molecule has 1 aliphatic carbocycles. The minimum Gasteiger partial charge on any atom is -0.331 e. The third-order valence-electron chi connectivity index (χ3n) is 4.29. The van der Waals surface area contributed by atoms with Gasteiger partial charge < -0.3 is 5.09 Å². The largest absolute Gasteiger partial charge is 0.331 e. The number of hydrogen-bond acceptors (Lipinski definition) is 3. The van der Waals surface area contributed by atoms with Gasteiger partial charge in [-0.25, -0.2) is 4.98 Å². The highest BCUT2D eigenvalue weighted by atomic mass is 32.1. The molecule has 118 valence electrons. The van der Waals surface area contributed by atoms with Crippen molar-refractivity contribution in [3.05, 3.63) is 53.0 Å². The van der Waals surface area contributed by atoms with Crippen molar-refractivity contribution in [3.63, 3.8) is 0 Å². The molecule has 0 amide bonds. The highest BCUT2D eigenvalue weighted by molar-refractivity contribution is 7.77. The van der Waals surface area contributed by atoms with Crippen LogP contribution in [0.5, 0.6) is 0 Å². The van der Waals surface area contributed by atoms with Crippen LogP contribution in [0.3, 0.4) is 0 Å². The molecule has 1 N–H and O–H groups in total. The highest BCUT2D eigenvalue weighted by Crippen LogP contribution is 2.43. The number of benzene rings is 2. The Morgan fingerprint density at radius 1 is 1.09 bits per heavy atom. The average Bonchev–Trinajstić information content (AvgIpc) is 2.99. The van der Waals surface area contributed by atoms with Gasteiger partial charge in [-0.15, -0.1) is 11.3 Å². The molecule has 2 aromatic carbocycles. The van der Waals surface area contributed by atoms with Gasteiger partial charge >= 0.3 is 0 Å². The third-order valence-corrected chi connectivity index (χ3v) is 8.09. The lowest BCUT2D eigenvalue weighted by Crippen LogP contribution is -2.10. The molecular weight excluding hydrogens is 323 g/mol. The Morgan fingerprint density at radius 2 is 1.87 bits per heavy atom. The summed E-state index contributed by atoms with van der Waals surface area (Å²) in [6.45, 7) is 1.78. The van der Waals surface area contributed by atoms with Gasteiger partial charge in [0.25, 0.3) is 0 Å². The molecule has 1 aliphatic rings. The lowest BCUT2D eigenvalue weighted by molar-refractivity contribution is 0.587. The first-order chi connectivity index (χ1) is 11.1. The minimum absolute atomic E-state index is 0.762. The Kier molecular flexibility index (Phi) is 3.74. The first kappa shape index (κ1) is 14.9. The summed E-state index contributed by atoms with van der Waals surface area (Å²) in [5.74, 6) is 0. The fraction of sp³-hybridized carbons (Fsp3) is 0.278. The molecule has 1 atom stereocenters. The number of nitrogens with one attached hydrogen (secondary N) is 1. The molecule has 4 rings (SSSR count). The number of rotatable bonds is 3. The zero-order valence-electron chi connectivity index (χ0n) is 13.1. The summed E-state index contributed by atoms with van der Waals surface area (Å²) in [6.07, 6.45) is 4.54. The number of anilines is 1. The standard InChI is InChI=1S/C18H19N2OPS/c1-22(21,18-19-16-8-4-5-9-17(16)23-18)20-15-11-10-13-6-2-3-7-14(13)12-15/h2-3,6-7,10-12H,4-5,8-9H2,1H3,(H,20,21)/t22-/m0/s1. The van der Waals surface area contributed by atoms with Gasteiger partial charge in [0, 0.05) is 17.2 Å². The molecule has 0 saturated heterocycles. The Labute approximate surface area is 140 Å². The minimum atomic E-state index is -2.69. The summed E-state index contributed by atoms with van der Waals surface area (Å²) in [4.78, 5) is 6.00. The van der Waals surface area contributed by atoms with Crippen LogP contribution in [0.15, 0.2) is 42.5 Å². The highest BCUT2D eigenvalue weighted by Gasteiger charge is 2.26. The van der Waals surface area contributed by atoms with E-state index in [9.17, 15) is 4.57 Å². The van der Waals surface area contributed by atoms with Crippen LogP contribution in [-0.4, -0.2) is 11.6 Å². The number of thiazole rings is 1. The Morgan fingerprint density at radius 3 is 2.70 bits per heavy atom. The second kappa shape index (κ2) is 5.77. The van der Waals surface area contributed by atoms with E-state index in [4.69, 9.17) is 0 Å². The van der Waals surface area contributed by atoms with Crippen LogP contribution >= 0.6 is 18.6 Å². The zero-order chi connectivity index (χ0) is 15.9. The number of aromatic nitrogens is 1. The molecule has 0 radical (unpaired) electrons. The molecule has 0 spiro atoms. The van der Waals surface area contributed by atoms with Crippen molar-refractivity contribution in [2.75, 3.05) is 11.8 Å². The van der Waals surface area contributed by atoms with Crippen LogP contribution in [0.1, 0.15) is 23.4 Å². The van der Waals surface area contributed by atoms with Crippen LogP contribution in [0, 0.1) is 0 Å². The van der Waals surface area contributed by atoms with E-state index in [0.717, 1.165) is 28.7 Å². The van der Waals surface area contributed by atoms with Crippen molar-refractivity contribution in [2.45, 2.75) is 25.7 Å². The quantitative estimate of drug-likeness (QED) is 0.694. The molecule has 0 saturated carbocycles. The van der Waals surface area contributed by atoms with E-state index in [2.05, 4.69) is 34.3 Å². The Bertz CT molecular complexity index is 895. The predicted molar refractivity (Wildman–Crippen MR) is 99.5 cm³/mol. The molecule has 3 nitrogen and oxygen atoms in total. The van der Waals surface area contributed by atoms with E-state index in [1.807, 2.05) is 18.2 Å². The summed E-state index contributed by atoms with van der Waals surface area (Å²) < 4.78 is 13.9. The molecule has 1 heterocycles. The van der Waals surface area contributed by atoms with Crippen LogP contribution in [0.2, 0.25) is 0 Å². The van der Waals surface area contributed by atoms with E-state index in [1.54, 1.807) is 18.0 Å². The summed E-state index contributed by atoms with van der Waals surface area (Å²) in [7, 11) is -2.69. The van der Waals surface area contributed by atoms with E-state index in [0.29, 0.717) is 0 Å². The zero-order valence-corrected chi connectivity index (χ0v) is 14.8. The van der Waals surface area contributed by atoms with Gasteiger partial charge in [-0.3, -0.25) is 4.57 Å². The molecule has 23 heavy (non-hydrogen) atoms. The van der Waals surface area contributed by atoms with Gasteiger partial charge in [-0.2, -0.15) is 0 Å². The van der Waals surface area contributed by atoms with Crippen molar-refractivity contribution < 1.29 is 4.57 Å². The predicted octanol–water partition coefficient (Wildman–Crippen LogP) is 4.82. The molecule has 0 bridgehead atoms. The number of nitrogens with zero attached hydrogens (tertiary/aromatic N) is 1. The first-order valence-corrected chi connectivity index (χ1v) is 10.9. The molecule has 0 unspecified atom stereocenters. The first-order valence-electron chi connectivity index (χ1n) is 7.95. The van der Waals surface area contributed by atoms with Crippen LogP contribution < -0.4 is 9.84 Å². The van der Waals surface area contributed by atoms with Gasteiger partial charge in [-0.1, -0.05) is 30.3 Å². The van der Waals surface area contributed by atoms with E-state index < -0.39 is 7.29 Å². The average molecular weight is 342 g/mol. The number of aryl methyl sites for hydroxylation is 2. The monoisotopic (exact) mass is 342 g/mol. The maximum atomic E-state index is 13.2. The smallest absolute Gasteiger partial charge is 0.223 e. The molecule has 0 fully saturated rings. The molecule has 0 aliphatic heterocycles. The lowest BCUT2D eigenvalue weighted by atomic mass is 10.0. The fourth-order valence-electron chi connectivity index (χ4n) is 3.07. The van der Waals surface area contributed by atoms with Crippen molar-refractivity contribution in [3.8, 4) is 0 Å². The summed E-state index contributed by atoms with van der Waals surface area (Å²) >= 11 is 1.63. The number of hydrogen-bond donors (Lipinski definition) is 1. The van der Waals surface area contributed by atoms with Gasteiger partial charge in [0.05, 0.1) is 5.69 Å². The van der Waals surface area contributed by atoms with Crippen molar-refractivity contribution in [1.82, 2.24) is 4.98 Å². The van der Waals surface area contributed by atoms with Gasteiger partial charge in [-0.05, 0) is 48.6 Å². The summed E-state index contributed by atoms with van der Waals surface area (Å²) in [5.41, 5.74) is 2.06. The maximum Gasteiger partial charge on any atom is 0.223 e. The van der Waals surface area contributed by atoms with Gasteiger partial charge in [0.2, 0.25) is 7.29 Å². The Balaban J connectivity index is 1.65. The van der Waals surface area contributed by atoms with E-state index in [-0.39, 0.29) is 0 Å². The molecule has 3 aromatic rings. The number of fused-ring (bicyclic) bond motifs is 2. The van der Waals surface area contributed by atoms with Crippen LogP contribution in [0.25, 0.3) is 10.8 Å². The maximum absolute atomic E-state index is 13.2. The van der Waals surface area contributed by atoms with Gasteiger partial charge in [0.15, 0.2) is 4.75 Å². The lowest BCUT2D eigenvalue weighted by Gasteiger charge is -2.14. The van der Waals surface area contributed by atoms with Crippen molar-refractivity contribution >= 4 is 39.8 Å². The fourth-order valence-corrected chi connectivity index (χ4v) is 6.17. The van der Waals surface area contributed by atoms with Crippen molar-refractivity contribution in [2.24, 2.45) is 0 Å². The third kappa shape index (κ3) is 2.93. The Hall–Kier alpha value is -1.64. The van der Waals surface area contributed by atoms with Crippen molar-refractivity contribution in [1.29, 1.82) is 0 Å². The normalized spacial score (nSPS) is 16.7. The van der Waals surface area contributed by atoms with E-state index in [1.165, 1.54) is 28.8 Å². The second-order valence-corrected chi connectivity index (χ2v) is 10.1. The molecular formula is C18H19N2OPS. The van der Waals surface area contributed by atoms with Gasteiger partial charge in [0.1, 0.15) is 0 Å². The molecule has 1 aromatic heterocycles. The van der Waals surface area contributed by atoms with Crippen LogP contribution in [0.4, 0.5) is 5.69 Å². The summed E-state index contributed by atoms with van der Waals surface area (Å²) in [5, 5.41) is 5.58. The summed E-state index contributed by atoms with van der Waals surface area (Å²) in [6, 6.07) is 14.3. The topological polar surface area (TPSA) is 42.0 Å². The second-order valence-electron chi connectivity index (χ2n) is 6.17. The van der Waals surface area contributed by atoms with E-state index >= 15 is 0 Å². The SMILES string of the molecule is C[P@@](=O)(Nc1ccc2ccccc2c1)c1nc2c(s1)CCCC2. The van der Waals surface area contributed by atoms with Crippen LogP contribution in [-0.2, 0) is 17.4 Å².